The minimum Gasteiger partial charge on any atom is -0.469 e. The number of aromatic nitrogens is 3. The normalized spacial score (nSPS) is 18.8. The van der Waals surface area contributed by atoms with Crippen LogP contribution >= 0.6 is 0 Å². The highest BCUT2D eigenvalue weighted by Crippen LogP contribution is 2.51. The summed E-state index contributed by atoms with van der Waals surface area (Å²) >= 11 is 0. The predicted octanol–water partition coefficient (Wildman–Crippen LogP) is 4.57. The molecule has 2 fully saturated rings. The SMILES string of the molecule is COC(=O)Cc1ccc(N2CCN(C(=O)c3cnc4c(n3)C3(CCCC3)CN4c3ccc(F)c(F)c3)C(C)(C)C2)nc1. The van der Waals surface area contributed by atoms with Gasteiger partial charge in [0.15, 0.2) is 17.5 Å². The molecule has 3 aliphatic rings. The van der Waals surface area contributed by atoms with Gasteiger partial charge in [-0.2, -0.15) is 0 Å². The fourth-order valence-electron chi connectivity index (χ4n) is 6.62. The van der Waals surface area contributed by atoms with E-state index in [2.05, 4.69) is 9.88 Å². The molecule has 6 rings (SSSR count). The summed E-state index contributed by atoms with van der Waals surface area (Å²) in [5.74, 6) is -0.921. The lowest BCUT2D eigenvalue weighted by Gasteiger charge is -2.47. The van der Waals surface area contributed by atoms with Gasteiger partial charge in [-0.1, -0.05) is 18.9 Å². The molecule has 42 heavy (non-hydrogen) atoms. The van der Waals surface area contributed by atoms with Crippen LogP contribution in [0.3, 0.4) is 0 Å². The van der Waals surface area contributed by atoms with E-state index in [-0.39, 0.29) is 23.7 Å². The summed E-state index contributed by atoms with van der Waals surface area (Å²) in [4.78, 5) is 45.5. The van der Waals surface area contributed by atoms with Gasteiger partial charge in [-0.25, -0.2) is 23.7 Å². The van der Waals surface area contributed by atoms with Crippen molar-refractivity contribution in [3.63, 3.8) is 0 Å². The quantitative estimate of drug-likeness (QED) is 0.408. The number of carbonyl (C=O) groups excluding carboxylic acids is 2. The molecule has 220 valence electrons. The summed E-state index contributed by atoms with van der Waals surface area (Å²) in [6, 6.07) is 7.63. The van der Waals surface area contributed by atoms with Crippen LogP contribution in [0.15, 0.2) is 42.7 Å². The number of halogens is 2. The standard InChI is InChI=1S/C31H34F2N6O3/c1-30(2)18-37(25-9-6-20(16-34-25)14-26(40)42-3)12-13-39(30)29(41)24-17-35-28-27(36-24)31(10-4-5-11-31)19-38(28)21-7-8-22(32)23(33)15-21/h6-9,15-17H,4-5,10-14,18-19H2,1-3H3. The van der Waals surface area contributed by atoms with Crippen LogP contribution in [0.5, 0.6) is 0 Å². The van der Waals surface area contributed by atoms with Gasteiger partial charge in [0.1, 0.15) is 11.5 Å². The maximum absolute atomic E-state index is 14.1. The Labute approximate surface area is 243 Å². The maximum Gasteiger partial charge on any atom is 0.310 e. The summed E-state index contributed by atoms with van der Waals surface area (Å²) in [6.07, 6.45) is 7.24. The van der Waals surface area contributed by atoms with E-state index in [4.69, 9.17) is 14.7 Å². The van der Waals surface area contributed by atoms with Crippen molar-refractivity contribution in [2.45, 2.75) is 56.9 Å². The van der Waals surface area contributed by atoms with E-state index in [1.807, 2.05) is 35.8 Å². The molecule has 0 bridgehead atoms. The number of hydrogen-bond donors (Lipinski definition) is 0. The number of piperazine rings is 1. The van der Waals surface area contributed by atoms with Crippen LogP contribution in [0.1, 0.15) is 61.3 Å². The van der Waals surface area contributed by atoms with Gasteiger partial charge >= 0.3 is 5.97 Å². The number of anilines is 3. The van der Waals surface area contributed by atoms with E-state index in [1.165, 1.54) is 19.4 Å². The van der Waals surface area contributed by atoms with Crippen molar-refractivity contribution in [1.82, 2.24) is 19.9 Å². The highest BCUT2D eigenvalue weighted by atomic mass is 19.2. The van der Waals surface area contributed by atoms with Gasteiger partial charge in [-0.15, -0.1) is 0 Å². The lowest BCUT2D eigenvalue weighted by atomic mass is 9.84. The molecular weight excluding hydrogens is 542 g/mol. The van der Waals surface area contributed by atoms with Crippen molar-refractivity contribution >= 4 is 29.2 Å². The second kappa shape index (κ2) is 10.6. The Morgan fingerprint density at radius 1 is 0.976 bits per heavy atom. The Balaban J connectivity index is 1.23. The highest BCUT2D eigenvalue weighted by Gasteiger charge is 2.48. The van der Waals surface area contributed by atoms with Crippen molar-refractivity contribution in [1.29, 1.82) is 0 Å². The molecule has 1 aromatic carbocycles. The van der Waals surface area contributed by atoms with Crippen LogP contribution in [0.4, 0.5) is 26.1 Å². The Morgan fingerprint density at radius 2 is 1.76 bits per heavy atom. The molecule has 0 radical (unpaired) electrons. The van der Waals surface area contributed by atoms with E-state index in [0.29, 0.717) is 43.4 Å². The second-order valence-corrected chi connectivity index (χ2v) is 12.1. The van der Waals surface area contributed by atoms with E-state index >= 15 is 0 Å². The van der Waals surface area contributed by atoms with Gasteiger partial charge in [-0.05, 0) is 50.5 Å². The molecule has 1 amide bonds. The molecule has 4 heterocycles. The molecule has 1 saturated carbocycles. The lowest BCUT2D eigenvalue weighted by Crippen LogP contribution is -2.61. The first-order chi connectivity index (χ1) is 20.1. The zero-order valence-electron chi connectivity index (χ0n) is 24.1. The first-order valence-corrected chi connectivity index (χ1v) is 14.3. The van der Waals surface area contributed by atoms with E-state index in [9.17, 15) is 18.4 Å². The van der Waals surface area contributed by atoms with Gasteiger partial charge in [-0.3, -0.25) is 9.59 Å². The number of rotatable bonds is 5. The predicted molar refractivity (Wildman–Crippen MR) is 153 cm³/mol. The number of esters is 1. The van der Waals surface area contributed by atoms with Crippen LogP contribution in [-0.2, 0) is 21.4 Å². The molecule has 0 atom stereocenters. The van der Waals surface area contributed by atoms with E-state index in [1.54, 1.807) is 12.3 Å². The molecule has 1 spiro atoms. The maximum atomic E-state index is 14.1. The largest absolute Gasteiger partial charge is 0.469 e. The topological polar surface area (TPSA) is 91.8 Å². The fourth-order valence-corrected chi connectivity index (χ4v) is 6.62. The first kappa shape index (κ1) is 28.0. The van der Waals surface area contributed by atoms with Gasteiger partial charge in [0, 0.05) is 49.5 Å². The van der Waals surface area contributed by atoms with Gasteiger partial charge in [0.25, 0.3) is 5.91 Å². The molecule has 2 aromatic heterocycles. The number of pyridine rings is 1. The minimum absolute atomic E-state index is 0.166. The van der Waals surface area contributed by atoms with Crippen molar-refractivity contribution in [2.24, 2.45) is 0 Å². The number of fused-ring (bicyclic) bond motifs is 2. The zero-order valence-corrected chi connectivity index (χ0v) is 24.1. The van der Waals surface area contributed by atoms with Crippen molar-refractivity contribution in [3.8, 4) is 0 Å². The molecular formula is C31H34F2N6O3. The number of hydrogen-bond acceptors (Lipinski definition) is 8. The number of amides is 1. The summed E-state index contributed by atoms with van der Waals surface area (Å²) in [6.45, 7) is 6.24. The van der Waals surface area contributed by atoms with Crippen LogP contribution in [0.25, 0.3) is 0 Å². The molecule has 9 nitrogen and oxygen atoms in total. The fraction of sp³-hybridized carbons (Fsp3) is 0.452. The zero-order chi connectivity index (χ0) is 29.6. The van der Waals surface area contributed by atoms with Crippen molar-refractivity contribution in [2.75, 3.05) is 43.1 Å². The van der Waals surface area contributed by atoms with E-state index < -0.39 is 17.2 Å². The number of benzene rings is 1. The monoisotopic (exact) mass is 576 g/mol. The van der Waals surface area contributed by atoms with Crippen LogP contribution < -0.4 is 9.80 Å². The molecule has 1 saturated heterocycles. The average Bonchev–Trinajstić information content (AvgIpc) is 3.58. The minimum atomic E-state index is -0.908. The number of nitrogens with zero attached hydrogens (tertiary/aromatic N) is 6. The third kappa shape index (κ3) is 4.94. The Kier molecular flexibility index (Phi) is 7.06. The van der Waals surface area contributed by atoms with E-state index in [0.717, 1.165) is 48.8 Å². The molecule has 2 aliphatic heterocycles. The van der Waals surface area contributed by atoms with Crippen molar-refractivity contribution < 1.29 is 23.1 Å². The number of methoxy groups -OCH3 is 1. The van der Waals surface area contributed by atoms with Crippen LogP contribution in [0, 0.1) is 11.6 Å². The average molecular weight is 577 g/mol. The third-order valence-electron chi connectivity index (χ3n) is 8.82. The summed E-state index contributed by atoms with van der Waals surface area (Å²) < 4.78 is 32.5. The van der Waals surface area contributed by atoms with Gasteiger partial charge in [0.05, 0.1) is 31.0 Å². The highest BCUT2D eigenvalue weighted by molar-refractivity contribution is 5.93. The molecule has 3 aromatic rings. The van der Waals surface area contributed by atoms with Crippen LogP contribution in [0.2, 0.25) is 0 Å². The Morgan fingerprint density at radius 3 is 2.43 bits per heavy atom. The number of carbonyl (C=O) groups is 2. The number of ether oxygens (including phenoxy) is 1. The molecule has 0 N–H and O–H groups in total. The summed E-state index contributed by atoms with van der Waals surface area (Å²) in [5, 5.41) is 0. The smallest absolute Gasteiger partial charge is 0.310 e. The molecule has 0 unspecified atom stereocenters. The lowest BCUT2D eigenvalue weighted by molar-refractivity contribution is -0.139. The third-order valence-corrected chi connectivity index (χ3v) is 8.82. The summed E-state index contributed by atoms with van der Waals surface area (Å²) in [5.41, 5.74) is 1.56. The second-order valence-electron chi connectivity index (χ2n) is 12.1. The summed E-state index contributed by atoms with van der Waals surface area (Å²) in [7, 11) is 1.36. The van der Waals surface area contributed by atoms with Gasteiger partial charge < -0.3 is 19.4 Å². The Hall–Kier alpha value is -4.15. The van der Waals surface area contributed by atoms with Crippen molar-refractivity contribution in [3.05, 3.63) is 71.3 Å². The Bertz CT molecular complexity index is 1520. The van der Waals surface area contributed by atoms with Crippen LogP contribution in [-0.4, -0.2) is 70.6 Å². The molecule has 1 aliphatic carbocycles. The van der Waals surface area contributed by atoms with Gasteiger partial charge in [0.2, 0.25) is 0 Å². The molecule has 11 heteroatoms. The first-order valence-electron chi connectivity index (χ1n) is 14.3.